The molecule has 1 amide bonds. The summed E-state index contributed by atoms with van der Waals surface area (Å²) in [5.74, 6) is 0.908. The molecule has 0 unspecified atom stereocenters. The molecule has 27 heavy (non-hydrogen) atoms. The third-order valence-electron chi connectivity index (χ3n) is 5.69. The van der Waals surface area contributed by atoms with Crippen LogP contribution in [-0.4, -0.2) is 44.1 Å². The second kappa shape index (κ2) is 8.74. The van der Waals surface area contributed by atoms with Gasteiger partial charge >= 0.3 is 0 Å². The molecule has 2 aliphatic rings. The molecule has 6 nitrogen and oxygen atoms in total. The van der Waals surface area contributed by atoms with Gasteiger partial charge in [-0.3, -0.25) is 4.79 Å². The quantitative estimate of drug-likeness (QED) is 0.795. The SMILES string of the molecule is CC[C@H](C)NC(=O)C1(C[C@@H]2CC(c3ccccc3OC)=NO2)CCOCC1. The summed E-state index contributed by atoms with van der Waals surface area (Å²) in [6.45, 7) is 5.34. The van der Waals surface area contributed by atoms with E-state index in [1.807, 2.05) is 31.2 Å². The van der Waals surface area contributed by atoms with Crippen molar-refractivity contribution in [3.05, 3.63) is 29.8 Å². The van der Waals surface area contributed by atoms with Crippen LogP contribution in [0.25, 0.3) is 0 Å². The van der Waals surface area contributed by atoms with Crippen LogP contribution in [-0.2, 0) is 14.4 Å². The molecule has 6 heteroatoms. The van der Waals surface area contributed by atoms with Gasteiger partial charge in [0.25, 0.3) is 0 Å². The first kappa shape index (κ1) is 19.7. The molecular weight excluding hydrogens is 344 g/mol. The zero-order valence-electron chi connectivity index (χ0n) is 16.5. The summed E-state index contributed by atoms with van der Waals surface area (Å²) in [6, 6.07) is 7.98. The van der Waals surface area contributed by atoms with Crippen LogP contribution in [0.1, 0.15) is 51.5 Å². The Bertz CT molecular complexity index is 683. The Hall–Kier alpha value is -2.08. The summed E-state index contributed by atoms with van der Waals surface area (Å²) < 4.78 is 11.0. The number of carbonyl (C=O) groups excluding carboxylic acids is 1. The van der Waals surface area contributed by atoms with Crippen LogP contribution in [0.15, 0.2) is 29.4 Å². The first-order chi connectivity index (χ1) is 13.1. The lowest BCUT2D eigenvalue weighted by Crippen LogP contribution is -2.48. The predicted molar refractivity (Wildman–Crippen MR) is 104 cm³/mol. The number of hydrogen-bond donors (Lipinski definition) is 1. The third kappa shape index (κ3) is 4.43. The minimum atomic E-state index is -0.446. The molecule has 1 saturated heterocycles. The summed E-state index contributed by atoms with van der Waals surface area (Å²) in [6.07, 6.45) is 3.59. The van der Waals surface area contributed by atoms with Crippen molar-refractivity contribution in [2.24, 2.45) is 10.6 Å². The van der Waals surface area contributed by atoms with Gasteiger partial charge in [-0.15, -0.1) is 0 Å². The highest BCUT2D eigenvalue weighted by atomic mass is 16.6. The van der Waals surface area contributed by atoms with E-state index in [1.54, 1.807) is 7.11 Å². The third-order valence-corrected chi connectivity index (χ3v) is 5.69. The van der Waals surface area contributed by atoms with E-state index in [0.29, 0.717) is 26.1 Å². The molecule has 0 radical (unpaired) electrons. The summed E-state index contributed by atoms with van der Waals surface area (Å²) in [4.78, 5) is 18.8. The normalized spacial score (nSPS) is 22.5. The van der Waals surface area contributed by atoms with Crippen molar-refractivity contribution in [3.8, 4) is 5.75 Å². The lowest BCUT2D eigenvalue weighted by Gasteiger charge is -2.37. The van der Waals surface area contributed by atoms with Crippen molar-refractivity contribution in [2.75, 3.05) is 20.3 Å². The second-order valence-corrected chi connectivity index (χ2v) is 7.55. The Morgan fingerprint density at radius 2 is 2.11 bits per heavy atom. The minimum absolute atomic E-state index is 0.106. The topological polar surface area (TPSA) is 69.2 Å². The maximum Gasteiger partial charge on any atom is 0.226 e. The number of nitrogens with one attached hydrogen (secondary N) is 1. The van der Waals surface area contributed by atoms with Gasteiger partial charge in [0.05, 0.1) is 18.2 Å². The number of methoxy groups -OCH3 is 1. The molecule has 0 aromatic heterocycles. The number of oxime groups is 1. The summed E-state index contributed by atoms with van der Waals surface area (Å²) >= 11 is 0. The van der Waals surface area contributed by atoms with E-state index in [9.17, 15) is 4.79 Å². The lowest BCUT2D eigenvalue weighted by molar-refractivity contribution is -0.140. The van der Waals surface area contributed by atoms with Gasteiger partial charge in [-0.2, -0.15) is 0 Å². The average molecular weight is 374 g/mol. The average Bonchev–Trinajstić information content (AvgIpc) is 3.16. The Morgan fingerprint density at radius 3 is 2.81 bits per heavy atom. The van der Waals surface area contributed by atoms with Gasteiger partial charge in [-0.25, -0.2) is 0 Å². The molecule has 1 N–H and O–H groups in total. The molecule has 3 rings (SSSR count). The van der Waals surface area contributed by atoms with Crippen LogP contribution in [0.4, 0.5) is 0 Å². The Labute approximate surface area is 161 Å². The van der Waals surface area contributed by atoms with Crippen LogP contribution in [0, 0.1) is 5.41 Å². The number of nitrogens with zero attached hydrogens (tertiary/aromatic N) is 1. The molecule has 2 atom stereocenters. The fraction of sp³-hybridized carbons (Fsp3) is 0.619. The zero-order valence-corrected chi connectivity index (χ0v) is 16.5. The highest BCUT2D eigenvalue weighted by Crippen LogP contribution is 2.39. The van der Waals surface area contributed by atoms with E-state index in [-0.39, 0.29) is 18.1 Å². The van der Waals surface area contributed by atoms with Crippen molar-refractivity contribution in [1.29, 1.82) is 0 Å². The van der Waals surface area contributed by atoms with Crippen LogP contribution in [0.3, 0.4) is 0 Å². The highest BCUT2D eigenvalue weighted by molar-refractivity contribution is 6.03. The fourth-order valence-electron chi connectivity index (χ4n) is 3.78. The van der Waals surface area contributed by atoms with E-state index >= 15 is 0 Å². The van der Waals surface area contributed by atoms with Crippen molar-refractivity contribution in [3.63, 3.8) is 0 Å². The van der Waals surface area contributed by atoms with E-state index in [0.717, 1.165) is 36.3 Å². The molecule has 1 aromatic carbocycles. The van der Waals surface area contributed by atoms with Gasteiger partial charge in [-0.05, 0) is 38.3 Å². The van der Waals surface area contributed by atoms with Gasteiger partial charge in [0, 0.05) is 37.7 Å². The van der Waals surface area contributed by atoms with Gasteiger partial charge in [0.1, 0.15) is 11.9 Å². The maximum absolute atomic E-state index is 13.0. The monoisotopic (exact) mass is 374 g/mol. The maximum atomic E-state index is 13.0. The minimum Gasteiger partial charge on any atom is -0.496 e. The summed E-state index contributed by atoms with van der Waals surface area (Å²) in [5, 5.41) is 7.47. The van der Waals surface area contributed by atoms with E-state index in [2.05, 4.69) is 17.4 Å². The summed E-state index contributed by atoms with van der Waals surface area (Å²) in [5.41, 5.74) is 1.38. The first-order valence-electron chi connectivity index (χ1n) is 9.83. The highest BCUT2D eigenvalue weighted by Gasteiger charge is 2.44. The molecule has 0 spiro atoms. The van der Waals surface area contributed by atoms with Gasteiger partial charge < -0.3 is 19.6 Å². The number of para-hydroxylation sites is 1. The zero-order chi connectivity index (χ0) is 19.3. The van der Waals surface area contributed by atoms with Gasteiger partial charge in [-0.1, -0.05) is 24.2 Å². The molecule has 0 bridgehead atoms. The van der Waals surface area contributed by atoms with Crippen molar-refractivity contribution < 1.29 is 19.1 Å². The van der Waals surface area contributed by atoms with E-state index < -0.39 is 5.41 Å². The van der Waals surface area contributed by atoms with Crippen LogP contribution >= 0.6 is 0 Å². The number of hydrogen-bond acceptors (Lipinski definition) is 5. The molecule has 0 aliphatic carbocycles. The van der Waals surface area contributed by atoms with Gasteiger partial charge in [0.2, 0.25) is 5.91 Å². The summed E-state index contributed by atoms with van der Waals surface area (Å²) in [7, 11) is 1.66. The molecule has 148 valence electrons. The second-order valence-electron chi connectivity index (χ2n) is 7.55. The number of amides is 1. The lowest BCUT2D eigenvalue weighted by atomic mass is 9.74. The molecule has 1 fully saturated rings. The largest absolute Gasteiger partial charge is 0.496 e. The Kier molecular flexibility index (Phi) is 6.37. The smallest absolute Gasteiger partial charge is 0.226 e. The van der Waals surface area contributed by atoms with Crippen LogP contribution < -0.4 is 10.1 Å². The van der Waals surface area contributed by atoms with Crippen molar-refractivity contribution in [1.82, 2.24) is 5.32 Å². The standard InChI is InChI=1S/C21H30N2O4/c1-4-15(2)22-20(24)21(9-11-26-12-10-21)14-16-13-18(23-27-16)17-7-5-6-8-19(17)25-3/h5-8,15-16H,4,9-14H2,1-3H3,(H,22,24)/t15-,16-/m0/s1. The van der Waals surface area contributed by atoms with E-state index in [1.165, 1.54) is 0 Å². The fourth-order valence-corrected chi connectivity index (χ4v) is 3.78. The van der Waals surface area contributed by atoms with Crippen molar-refractivity contribution in [2.45, 2.75) is 58.1 Å². The van der Waals surface area contributed by atoms with Crippen LogP contribution in [0.2, 0.25) is 0 Å². The van der Waals surface area contributed by atoms with Crippen LogP contribution in [0.5, 0.6) is 5.75 Å². The molecule has 1 aromatic rings. The predicted octanol–water partition coefficient (Wildman–Crippen LogP) is 3.29. The molecule has 2 heterocycles. The molecule has 0 saturated carbocycles. The Morgan fingerprint density at radius 1 is 1.37 bits per heavy atom. The number of ether oxygens (including phenoxy) is 2. The van der Waals surface area contributed by atoms with Crippen molar-refractivity contribution >= 4 is 11.6 Å². The number of benzene rings is 1. The molecule has 2 aliphatic heterocycles. The Balaban J connectivity index is 1.70. The number of carbonyl (C=O) groups is 1. The number of rotatable bonds is 7. The van der Waals surface area contributed by atoms with E-state index in [4.69, 9.17) is 14.3 Å². The molecular formula is C21H30N2O4. The first-order valence-corrected chi connectivity index (χ1v) is 9.83. The van der Waals surface area contributed by atoms with Gasteiger partial charge in [0.15, 0.2) is 0 Å².